The molecule has 2 aliphatic carbocycles. The predicted octanol–water partition coefficient (Wildman–Crippen LogP) is 5.13. The van der Waals surface area contributed by atoms with Gasteiger partial charge in [-0.3, -0.25) is 4.79 Å². The molecule has 6 heteroatoms. The van der Waals surface area contributed by atoms with E-state index in [4.69, 9.17) is 14.6 Å². The number of hydrogen-bond donors (Lipinski definition) is 0. The highest BCUT2D eigenvalue weighted by Crippen LogP contribution is 2.38. The van der Waals surface area contributed by atoms with Crippen molar-refractivity contribution >= 4 is 5.91 Å². The van der Waals surface area contributed by atoms with Crippen molar-refractivity contribution < 1.29 is 14.3 Å². The molecule has 0 spiro atoms. The van der Waals surface area contributed by atoms with Crippen LogP contribution in [-0.4, -0.2) is 34.2 Å². The number of rotatable bonds is 9. The highest BCUT2D eigenvalue weighted by atomic mass is 16.5. The van der Waals surface area contributed by atoms with E-state index in [1.54, 1.807) is 7.11 Å². The first kappa shape index (κ1) is 20.6. The molecule has 2 fully saturated rings. The van der Waals surface area contributed by atoms with Gasteiger partial charge >= 0.3 is 0 Å². The standard InChI is InChI=1S/C26H29N3O3/c1-18-24(17-28(16-19-11-12-19)25(30)20-13-14-20)26(29(27-18)21-7-4-3-5-8-21)32-23-10-6-9-22(15-23)31-2/h3-10,15,19-20H,11-14,16-17H2,1-2H3. The molecule has 32 heavy (non-hydrogen) atoms. The monoisotopic (exact) mass is 431 g/mol. The van der Waals surface area contributed by atoms with Crippen LogP contribution in [0.2, 0.25) is 0 Å². The van der Waals surface area contributed by atoms with Gasteiger partial charge in [0.25, 0.3) is 0 Å². The molecule has 1 heterocycles. The van der Waals surface area contributed by atoms with Crippen molar-refractivity contribution in [3.05, 3.63) is 65.9 Å². The lowest BCUT2D eigenvalue weighted by molar-refractivity contribution is -0.133. The summed E-state index contributed by atoms with van der Waals surface area (Å²) < 4.78 is 13.6. The Balaban J connectivity index is 1.53. The van der Waals surface area contributed by atoms with E-state index in [1.807, 2.05) is 71.1 Å². The van der Waals surface area contributed by atoms with Gasteiger partial charge in [-0.25, -0.2) is 4.68 Å². The Hall–Kier alpha value is -3.28. The minimum atomic E-state index is 0.195. The number of carbonyl (C=O) groups excluding carboxylic acids is 1. The fourth-order valence-electron chi connectivity index (χ4n) is 3.97. The van der Waals surface area contributed by atoms with Crippen LogP contribution in [-0.2, 0) is 11.3 Å². The van der Waals surface area contributed by atoms with Gasteiger partial charge in [0.15, 0.2) is 0 Å². The number of carbonyl (C=O) groups is 1. The van der Waals surface area contributed by atoms with Crippen LogP contribution in [0, 0.1) is 18.8 Å². The Labute approximate surface area is 188 Å². The zero-order valence-corrected chi connectivity index (χ0v) is 18.7. The number of aromatic nitrogens is 2. The Bertz CT molecular complexity index is 1100. The van der Waals surface area contributed by atoms with Gasteiger partial charge < -0.3 is 14.4 Å². The maximum absolute atomic E-state index is 13.1. The third-order valence-electron chi connectivity index (χ3n) is 6.16. The zero-order chi connectivity index (χ0) is 22.1. The third-order valence-corrected chi connectivity index (χ3v) is 6.16. The van der Waals surface area contributed by atoms with Gasteiger partial charge in [-0.15, -0.1) is 0 Å². The summed E-state index contributed by atoms with van der Waals surface area (Å²) in [6, 6.07) is 17.5. The van der Waals surface area contributed by atoms with Crippen LogP contribution in [0.3, 0.4) is 0 Å². The molecular formula is C26H29N3O3. The summed E-state index contributed by atoms with van der Waals surface area (Å²) in [6.07, 6.45) is 4.44. The molecule has 0 radical (unpaired) electrons. The van der Waals surface area contributed by atoms with Crippen LogP contribution in [0.5, 0.6) is 17.4 Å². The summed E-state index contributed by atoms with van der Waals surface area (Å²) in [7, 11) is 1.64. The van der Waals surface area contributed by atoms with Gasteiger partial charge in [0.05, 0.1) is 30.6 Å². The van der Waals surface area contributed by atoms with Crippen LogP contribution in [0.15, 0.2) is 54.6 Å². The Kier molecular flexibility index (Phi) is 5.60. The molecule has 1 amide bonds. The summed E-state index contributed by atoms with van der Waals surface area (Å²) in [4.78, 5) is 15.1. The van der Waals surface area contributed by atoms with Gasteiger partial charge in [-0.2, -0.15) is 5.10 Å². The number of hydrogen-bond acceptors (Lipinski definition) is 4. The Morgan fingerprint density at radius 3 is 2.50 bits per heavy atom. The van der Waals surface area contributed by atoms with Crippen molar-refractivity contribution in [3.8, 4) is 23.1 Å². The first-order chi connectivity index (χ1) is 15.6. The normalized spacial score (nSPS) is 15.4. The van der Waals surface area contributed by atoms with Crippen molar-refractivity contribution in [2.75, 3.05) is 13.7 Å². The van der Waals surface area contributed by atoms with Gasteiger partial charge in [0.1, 0.15) is 11.5 Å². The van der Waals surface area contributed by atoms with Crippen molar-refractivity contribution in [1.29, 1.82) is 0 Å². The number of amides is 1. The van der Waals surface area contributed by atoms with E-state index in [1.165, 1.54) is 12.8 Å². The highest BCUT2D eigenvalue weighted by Gasteiger charge is 2.37. The largest absolute Gasteiger partial charge is 0.497 e. The lowest BCUT2D eigenvalue weighted by atomic mass is 10.2. The number of ether oxygens (including phenoxy) is 2. The quantitative estimate of drug-likeness (QED) is 0.471. The molecule has 0 atom stereocenters. The second-order valence-electron chi connectivity index (χ2n) is 8.83. The van der Waals surface area contributed by atoms with Crippen LogP contribution < -0.4 is 9.47 Å². The number of nitrogens with zero attached hydrogens (tertiary/aromatic N) is 3. The molecule has 3 aromatic rings. The second-order valence-corrected chi connectivity index (χ2v) is 8.83. The molecule has 0 unspecified atom stereocenters. The van der Waals surface area contributed by atoms with E-state index in [0.29, 0.717) is 24.1 Å². The first-order valence-electron chi connectivity index (χ1n) is 11.4. The van der Waals surface area contributed by atoms with Gasteiger partial charge in [-0.05, 0) is 62.8 Å². The summed E-state index contributed by atoms with van der Waals surface area (Å²) in [6.45, 7) is 3.33. The molecule has 2 saturated carbocycles. The number of methoxy groups -OCH3 is 1. The summed E-state index contributed by atoms with van der Waals surface area (Å²) in [5.74, 6) is 3.14. The molecule has 0 saturated heterocycles. The molecule has 166 valence electrons. The first-order valence-corrected chi connectivity index (χ1v) is 11.4. The van der Waals surface area contributed by atoms with Crippen molar-refractivity contribution in [1.82, 2.24) is 14.7 Å². The zero-order valence-electron chi connectivity index (χ0n) is 18.7. The fourth-order valence-corrected chi connectivity index (χ4v) is 3.97. The van der Waals surface area contributed by atoms with E-state index >= 15 is 0 Å². The fraction of sp³-hybridized carbons (Fsp3) is 0.385. The molecule has 5 rings (SSSR count). The van der Waals surface area contributed by atoms with E-state index in [2.05, 4.69) is 0 Å². The average Bonchev–Trinajstić information content (AvgIpc) is 3.74. The van der Waals surface area contributed by atoms with Crippen LogP contribution in [0.1, 0.15) is 36.9 Å². The van der Waals surface area contributed by atoms with E-state index in [9.17, 15) is 4.79 Å². The summed E-state index contributed by atoms with van der Waals surface area (Å²) in [5.41, 5.74) is 2.74. The molecule has 2 aliphatic rings. The van der Waals surface area contributed by atoms with Gasteiger partial charge in [-0.1, -0.05) is 24.3 Å². The van der Waals surface area contributed by atoms with Crippen molar-refractivity contribution in [3.63, 3.8) is 0 Å². The van der Waals surface area contributed by atoms with Crippen molar-refractivity contribution in [2.45, 2.75) is 39.2 Å². The number of aryl methyl sites for hydroxylation is 1. The van der Waals surface area contributed by atoms with Crippen molar-refractivity contribution in [2.24, 2.45) is 11.8 Å². The van der Waals surface area contributed by atoms with E-state index < -0.39 is 0 Å². The Morgan fingerprint density at radius 1 is 1.06 bits per heavy atom. The van der Waals surface area contributed by atoms with Crippen LogP contribution in [0.25, 0.3) is 5.69 Å². The SMILES string of the molecule is COc1cccc(Oc2c(CN(CC3CC3)C(=O)C3CC3)c(C)nn2-c2ccccc2)c1. The third kappa shape index (κ3) is 4.49. The van der Waals surface area contributed by atoms with Crippen LogP contribution in [0.4, 0.5) is 0 Å². The number of para-hydroxylation sites is 1. The van der Waals surface area contributed by atoms with E-state index in [-0.39, 0.29) is 11.8 Å². The lowest BCUT2D eigenvalue weighted by Crippen LogP contribution is -2.33. The summed E-state index contributed by atoms with van der Waals surface area (Å²) in [5, 5.41) is 4.81. The second kappa shape index (κ2) is 8.69. The highest BCUT2D eigenvalue weighted by molar-refractivity contribution is 5.81. The topological polar surface area (TPSA) is 56.6 Å². The average molecular weight is 432 g/mol. The molecule has 0 aliphatic heterocycles. The van der Waals surface area contributed by atoms with E-state index in [0.717, 1.165) is 42.1 Å². The smallest absolute Gasteiger partial charge is 0.227 e. The Morgan fingerprint density at radius 2 is 1.81 bits per heavy atom. The predicted molar refractivity (Wildman–Crippen MR) is 122 cm³/mol. The minimum absolute atomic E-state index is 0.195. The molecule has 0 bridgehead atoms. The molecule has 1 aromatic heterocycles. The number of benzene rings is 2. The molecule has 6 nitrogen and oxygen atoms in total. The molecule has 0 N–H and O–H groups in total. The maximum Gasteiger partial charge on any atom is 0.227 e. The summed E-state index contributed by atoms with van der Waals surface area (Å²) >= 11 is 0. The maximum atomic E-state index is 13.1. The van der Waals surface area contributed by atoms with Gasteiger partial charge in [0, 0.05) is 18.5 Å². The lowest BCUT2D eigenvalue weighted by Gasteiger charge is -2.23. The van der Waals surface area contributed by atoms with Crippen LogP contribution >= 0.6 is 0 Å². The molecule has 2 aromatic carbocycles. The van der Waals surface area contributed by atoms with Gasteiger partial charge in [0.2, 0.25) is 11.8 Å². The molecular weight excluding hydrogens is 402 g/mol. The minimum Gasteiger partial charge on any atom is -0.497 e.